The highest BCUT2D eigenvalue weighted by Gasteiger charge is 2.21. The largest absolute Gasteiger partial charge is 0.466 e. The molecule has 6 nitrogen and oxygen atoms in total. The minimum absolute atomic E-state index is 0.0114. The van der Waals surface area contributed by atoms with E-state index in [1.54, 1.807) is 31.2 Å². The second kappa shape index (κ2) is 11.7. The second-order valence-corrected chi connectivity index (χ2v) is 8.36. The van der Waals surface area contributed by atoms with Gasteiger partial charge in [-0.1, -0.05) is 50.3 Å². The van der Waals surface area contributed by atoms with E-state index in [4.69, 9.17) is 9.72 Å². The Morgan fingerprint density at radius 3 is 2.41 bits per heavy atom. The van der Waals surface area contributed by atoms with E-state index in [0.717, 1.165) is 22.6 Å². The van der Waals surface area contributed by atoms with Gasteiger partial charge in [0.05, 0.1) is 36.6 Å². The molecule has 1 aromatic heterocycles. The summed E-state index contributed by atoms with van der Waals surface area (Å²) in [6.07, 6.45) is 1.14. The monoisotopic (exact) mass is 466 g/mol. The summed E-state index contributed by atoms with van der Waals surface area (Å²) < 4.78 is 20.4. The van der Waals surface area contributed by atoms with Crippen LogP contribution < -0.4 is 0 Å². The SMILES string of the molecule is CCOC(=O)C[C@H](O)C[C@H](O)/C=C/c1c(C(C)C)nc(-c2ccccc2)n1-c1ccc(F)cc1. The molecule has 0 radical (unpaired) electrons. The summed E-state index contributed by atoms with van der Waals surface area (Å²) in [5, 5.41) is 20.6. The van der Waals surface area contributed by atoms with Gasteiger partial charge >= 0.3 is 5.97 Å². The van der Waals surface area contributed by atoms with Gasteiger partial charge in [-0.2, -0.15) is 0 Å². The Balaban J connectivity index is 1.99. The number of esters is 1. The first kappa shape index (κ1) is 25.3. The summed E-state index contributed by atoms with van der Waals surface area (Å²) in [7, 11) is 0. The molecule has 0 fully saturated rings. The van der Waals surface area contributed by atoms with Crippen molar-refractivity contribution < 1.29 is 24.1 Å². The van der Waals surface area contributed by atoms with Gasteiger partial charge in [0.1, 0.15) is 11.6 Å². The number of halogens is 1. The fourth-order valence-corrected chi connectivity index (χ4v) is 3.72. The maximum Gasteiger partial charge on any atom is 0.308 e. The molecule has 7 heteroatoms. The minimum Gasteiger partial charge on any atom is -0.466 e. The van der Waals surface area contributed by atoms with Crippen LogP contribution in [0.4, 0.5) is 4.39 Å². The van der Waals surface area contributed by atoms with Gasteiger partial charge in [-0.05, 0) is 43.2 Å². The van der Waals surface area contributed by atoms with Crippen LogP contribution in [0, 0.1) is 5.82 Å². The molecule has 3 rings (SSSR count). The van der Waals surface area contributed by atoms with E-state index in [-0.39, 0.29) is 31.2 Å². The van der Waals surface area contributed by atoms with Gasteiger partial charge in [-0.15, -0.1) is 0 Å². The van der Waals surface area contributed by atoms with Crippen LogP contribution in [0.2, 0.25) is 0 Å². The number of carbonyl (C=O) groups is 1. The van der Waals surface area contributed by atoms with Crippen LogP contribution >= 0.6 is 0 Å². The number of nitrogens with zero attached hydrogens (tertiary/aromatic N) is 2. The third kappa shape index (κ3) is 6.40. The van der Waals surface area contributed by atoms with Crippen LogP contribution in [0.3, 0.4) is 0 Å². The Morgan fingerprint density at radius 1 is 1.12 bits per heavy atom. The van der Waals surface area contributed by atoms with Crippen molar-refractivity contribution in [3.8, 4) is 17.1 Å². The lowest BCUT2D eigenvalue weighted by Gasteiger charge is -2.14. The first-order valence-corrected chi connectivity index (χ1v) is 11.4. The molecular weight excluding hydrogens is 435 g/mol. The van der Waals surface area contributed by atoms with Gasteiger partial charge in [0.2, 0.25) is 0 Å². The number of hydrogen-bond donors (Lipinski definition) is 2. The van der Waals surface area contributed by atoms with Gasteiger partial charge < -0.3 is 14.9 Å². The summed E-state index contributed by atoms with van der Waals surface area (Å²) in [6.45, 7) is 6.00. The molecule has 0 saturated carbocycles. The van der Waals surface area contributed by atoms with Crippen LogP contribution in [-0.4, -0.2) is 44.5 Å². The standard InChI is InChI=1S/C27H31FN2O4/c1-4-34-25(33)17-23(32)16-22(31)14-15-24-26(18(2)3)29-27(19-8-6-5-7-9-19)30(24)21-12-10-20(28)11-13-21/h5-15,18,22-23,31-32H,4,16-17H2,1-3H3/b15-14+/t22-,23-/m1/s1. The first-order chi connectivity index (χ1) is 16.3. The average molecular weight is 467 g/mol. The molecule has 0 amide bonds. The third-order valence-electron chi connectivity index (χ3n) is 5.30. The molecular formula is C27H31FN2O4. The van der Waals surface area contributed by atoms with Crippen molar-refractivity contribution in [3.63, 3.8) is 0 Å². The normalized spacial score (nSPS) is 13.4. The average Bonchev–Trinajstić information content (AvgIpc) is 3.18. The molecule has 0 unspecified atom stereocenters. The maximum absolute atomic E-state index is 13.6. The number of carbonyl (C=O) groups excluding carboxylic acids is 1. The Bertz CT molecular complexity index is 1110. The Kier molecular flexibility index (Phi) is 8.73. The number of aromatic nitrogens is 2. The summed E-state index contributed by atoms with van der Waals surface area (Å²) in [5.74, 6) is -0.0600. The predicted octanol–water partition coefficient (Wildman–Crippen LogP) is 4.88. The summed E-state index contributed by atoms with van der Waals surface area (Å²) in [6, 6.07) is 15.9. The van der Waals surface area contributed by atoms with Gasteiger partial charge in [-0.3, -0.25) is 9.36 Å². The molecule has 2 N–H and O–H groups in total. The molecule has 0 saturated heterocycles. The molecule has 1 heterocycles. The van der Waals surface area contributed by atoms with Crippen LogP contribution in [0.15, 0.2) is 60.7 Å². The van der Waals surface area contributed by atoms with Crippen molar-refractivity contribution >= 4 is 12.0 Å². The first-order valence-electron chi connectivity index (χ1n) is 11.4. The van der Waals surface area contributed by atoms with Crippen molar-refractivity contribution in [1.82, 2.24) is 9.55 Å². The molecule has 0 aliphatic rings. The van der Waals surface area contributed by atoms with Crippen molar-refractivity contribution in [1.29, 1.82) is 0 Å². The molecule has 0 bridgehead atoms. The van der Waals surface area contributed by atoms with E-state index >= 15 is 0 Å². The summed E-state index contributed by atoms with van der Waals surface area (Å²) in [4.78, 5) is 16.5. The van der Waals surface area contributed by atoms with E-state index in [2.05, 4.69) is 0 Å². The zero-order chi connectivity index (χ0) is 24.7. The smallest absolute Gasteiger partial charge is 0.308 e. The van der Waals surface area contributed by atoms with Crippen molar-refractivity contribution in [2.75, 3.05) is 6.61 Å². The minimum atomic E-state index is -1.02. The summed E-state index contributed by atoms with van der Waals surface area (Å²) >= 11 is 0. The summed E-state index contributed by atoms with van der Waals surface area (Å²) in [5.41, 5.74) is 3.20. The van der Waals surface area contributed by atoms with Gasteiger partial charge in [0.25, 0.3) is 0 Å². The molecule has 34 heavy (non-hydrogen) atoms. The number of hydrogen-bond acceptors (Lipinski definition) is 5. The molecule has 0 aliphatic carbocycles. The van der Waals surface area contributed by atoms with E-state index in [1.807, 2.05) is 48.7 Å². The highest BCUT2D eigenvalue weighted by atomic mass is 19.1. The zero-order valence-corrected chi connectivity index (χ0v) is 19.7. The number of aliphatic hydroxyl groups is 2. The third-order valence-corrected chi connectivity index (χ3v) is 5.30. The number of benzene rings is 2. The Morgan fingerprint density at radius 2 is 1.79 bits per heavy atom. The van der Waals surface area contributed by atoms with Gasteiger partial charge in [-0.25, -0.2) is 9.37 Å². The molecule has 0 aliphatic heterocycles. The maximum atomic E-state index is 13.6. The number of aliphatic hydroxyl groups excluding tert-OH is 2. The van der Waals surface area contributed by atoms with Crippen molar-refractivity contribution in [2.24, 2.45) is 0 Å². The lowest BCUT2D eigenvalue weighted by atomic mass is 10.1. The van der Waals surface area contributed by atoms with Gasteiger partial charge in [0.15, 0.2) is 0 Å². The lowest BCUT2D eigenvalue weighted by molar-refractivity contribution is -0.145. The Hall–Kier alpha value is -3.29. The van der Waals surface area contributed by atoms with Crippen molar-refractivity contribution in [2.45, 2.75) is 51.7 Å². The number of imidazole rings is 1. The molecule has 2 atom stereocenters. The topological polar surface area (TPSA) is 84.6 Å². The molecule has 3 aromatic rings. The highest BCUT2D eigenvalue weighted by Crippen LogP contribution is 2.31. The highest BCUT2D eigenvalue weighted by molar-refractivity contribution is 5.70. The second-order valence-electron chi connectivity index (χ2n) is 8.36. The van der Waals surface area contributed by atoms with E-state index in [1.165, 1.54) is 12.1 Å². The number of ether oxygens (including phenoxy) is 1. The molecule has 180 valence electrons. The van der Waals surface area contributed by atoms with Crippen LogP contribution in [0.5, 0.6) is 0 Å². The zero-order valence-electron chi connectivity index (χ0n) is 19.7. The van der Waals surface area contributed by atoms with E-state index < -0.39 is 18.2 Å². The van der Waals surface area contributed by atoms with Crippen LogP contribution in [-0.2, 0) is 9.53 Å². The fraction of sp³-hybridized carbons (Fsp3) is 0.333. The van der Waals surface area contributed by atoms with Crippen LogP contribution in [0.25, 0.3) is 23.2 Å². The quantitative estimate of drug-likeness (QED) is 0.416. The Labute approximate surface area is 199 Å². The van der Waals surface area contributed by atoms with Crippen molar-refractivity contribution in [3.05, 3.63) is 77.9 Å². The number of rotatable bonds is 10. The lowest BCUT2D eigenvalue weighted by Crippen LogP contribution is -2.20. The van der Waals surface area contributed by atoms with E-state index in [0.29, 0.717) is 5.82 Å². The fourth-order valence-electron chi connectivity index (χ4n) is 3.72. The van der Waals surface area contributed by atoms with Crippen LogP contribution in [0.1, 0.15) is 50.9 Å². The predicted molar refractivity (Wildman–Crippen MR) is 130 cm³/mol. The molecule has 2 aromatic carbocycles. The van der Waals surface area contributed by atoms with Gasteiger partial charge in [0, 0.05) is 17.7 Å². The van der Waals surface area contributed by atoms with E-state index in [9.17, 15) is 19.4 Å². The molecule has 0 spiro atoms.